The van der Waals surface area contributed by atoms with Gasteiger partial charge < -0.3 is 20.4 Å². The fraction of sp³-hybridized carbons (Fsp3) is 0.227. The molecule has 0 aliphatic carbocycles. The van der Waals surface area contributed by atoms with E-state index in [1.54, 1.807) is 12.1 Å². The number of esters is 1. The number of ether oxygens (including phenoxy) is 1. The summed E-state index contributed by atoms with van der Waals surface area (Å²) in [7, 11) is 1.29. The highest BCUT2D eigenvalue weighted by Gasteiger charge is 2.33. The van der Waals surface area contributed by atoms with Crippen molar-refractivity contribution in [2.45, 2.75) is 24.8 Å². The van der Waals surface area contributed by atoms with Crippen LogP contribution in [0.15, 0.2) is 54.7 Å². The van der Waals surface area contributed by atoms with Crippen LogP contribution in [0.4, 0.5) is 5.69 Å². The summed E-state index contributed by atoms with van der Waals surface area (Å²) in [5, 5.41) is 6.55. The van der Waals surface area contributed by atoms with Crippen molar-refractivity contribution in [3.8, 4) is 0 Å². The molecular formula is C22H21N3O4. The number of para-hydroxylation sites is 2. The van der Waals surface area contributed by atoms with Crippen LogP contribution in [0.1, 0.15) is 23.5 Å². The number of aromatic nitrogens is 1. The van der Waals surface area contributed by atoms with Crippen molar-refractivity contribution in [1.29, 1.82) is 0 Å². The SMILES string of the molecule is COC(=O)[C@@H](Cc1c[nH]c2ccccc12)NC(=O)[C@H]1CC(=O)Nc2ccccc21. The molecule has 7 nitrogen and oxygen atoms in total. The van der Waals surface area contributed by atoms with Gasteiger partial charge in [0.15, 0.2) is 0 Å². The van der Waals surface area contributed by atoms with Gasteiger partial charge in [0.05, 0.1) is 13.0 Å². The number of amides is 2. The number of aromatic amines is 1. The summed E-state index contributed by atoms with van der Waals surface area (Å²) in [6.07, 6.45) is 2.14. The van der Waals surface area contributed by atoms with E-state index in [1.807, 2.05) is 42.6 Å². The molecule has 2 atom stereocenters. The first-order valence-corrected chi connectivity index (χ1v) is 9.39. The zero-order valence-corrected chi connectivity index (χ0v) is 15.9. The Labute approximate surface area is 167 Å². The zero-order valence-electron chi connectivity index (χ0n) is 15.9. The lowest BCUT2D eigenvalue weighted by Gasteiger charge is -2.26. The number of rotatable bonds is 5. The van der Waals surface area contributed by atoms with E-state index >= 15 is 0 Å². The van der Waals surface area contributed by atoms with Gasteiger partial charge in [0.25, 0.3) is 0 Å². The molecule has 1 aromatic heterocycles. The molecule has 3 N–H and O–H groups in total. The number of hydrogen-bond donors (Lipinski definition) is 3. The molecule has 0 saturated carbocycles. The molecule has 4 rings (SSSR count). The van der Waals surface area contributed by atoms with Gasteiger partial charge in [0.1, 0.15) is 6.04 Å². The van der Waals surface area contributed by atoms with Crippen LogP contribution in [0.5, 0.6) is 0 Å². The first-order valence-electron chi connectivity index (χ1n) is 9.39. The van der Waals surface area contributed by atoms with Crippen LogP contribution >= 0.6 is 0 Å². The van der Waals surface area contributed by atoms with E-state index in [-0.39, 0.29) is 24.7 Å². The Bertz CT molecular complexity index is 1090. The van der Waals surface area contributed by atoms with E-state index in [2.05, 4.69) is 15.6 Å². The summed E-state index contributed by atoms with van der Waals surface area (Å²) in [4.78, 5) is 40.6. The molecule has 1 aliphatic rings. The normalized spacial score (nSPS) is 16.6. The second kappa shape index (κ2) is 7.79. The first-order chi connectivity index (χ1) is 14.1. The number of H-pyrrole nitrogens is 1. The zero-order chi connectivity index (χ0) is 20.4. The van der Waals surface area contributed by atoms with Gasteiger partial charge in [-0.15, -0.1) is 0 Å². The fourth-order valence-electron chi connectivity index (χ4n) is 3.77. The number of anilines is 1. The molecule has 1 aliphatic heterocycles. The number of benzene rings is 2. The van der Waals surface area contributed by atoms with Crippen molar-refractivity contribution in [2.75, 3.05) is 12.4 Å². The van der Waals surface area contributed by atoms with Crippen molar-refractivity contribution in [2.24, 2.45) is 0 Å². The van der Waals surface area contributed by atoms with Gasteiger partial charge >= 0.3 is 5.97 Å². The van der Waals surface area contributed by atoms with Crippen LogP contribution in [-0.4, -0.2) is 35.9 Å². The number of hydrogen-bond acceptors (Lipinski definition) is 4. The highest BCUT2D eigenvalue weighted by atomic mass is 16.5. The molecule has 0 radical (unpaired) electrons. The smallest absolute Gasteiger partial charge is 0.328 e. The summed E-state index contributed by atoms with van der Waals surface area (Å²) in [5.41, 5.74) is 3.21. The third kappa shape index (κ3) is 3.71. The van der Waals surface area contributed by atoms with Crippen LogP contribution in [0, 0.1) is 0 Å². The predicted octanol–water partition coefficient (Wildman–Crippen LogP) is 2.49. The minimum absolute atomic E-state index is 0.0316. The summed E-state index contributed by atoms with van der Waals surface area (Å²) in [5.74, 6) is -1.79. The molecule has 0 saturated heterocycles. The largest absolute Gasteiger partial charge is 0.467 e. The summed E-state index contributed by atoms with van der Waals surface area (Å²) < 4.78 is 4.91. The quantitative estimate of drug-likeness (QED) is 0.582. The van der Waals surface area contributed by atoms with Gasteiger partial charge in [-0.3, -0.25) is 9.59 Å². The third-order valence-electron chi connectivity index (χ3n) is 5.22. The Balaban J connectivity index is 1.58. The van der Waals surface area contributed by atoms with Gasteiger partial charge in [-0.05, 0) is 23.3 Å². The molecule has 0 unspecified atom stereocenters. The van der Waals surface area contributed by atoms with Crippen molar-refractivity contribution >= 4 is 34.4 Å². The number of nitrogens with one attached hydrogen (secondary N) is 3. The van der Waals surface area contributed by atoms with Crippen LogP contribution in [0.3, 0.4) is 0 Å². The number of methoxy groups -OCH3 is 1. The molecule has 0 spiro atoms. The summed E-state index contributed by atoms with van der Waals surface area (Å²) in [6, 6.07) is 14.1. The Hall–Kier alpha value is -3.61. The van der Waals surface area contributed by atoms with Crippen LogP contribution in [-0.2, 0) is 25.5 Å². The Kier molecular flexibility index (Phi) is 5.03. The molecule has 2 amide bonds. The maximum atomic E-state index is 13.0. The second-order valence-electron chi connectivity index (χ2n) is 7.04. The maximum absolute atomic E-state index is 13.0. The van der Waals surface area contributed by atoms with E-state index in [9.17, 15) is 14.4 Å². The Morgan fingerprint density at radius 2 is 1.93 bits per heavy atom. The van der Waals surface area contributed by atoms with E-state index in [4.69, 9.17) is 4.74 Å². The van der Waals surface area contributed by atoms with E-state index in [0.717, 1.165) is 22.0 Å². The molecular weight excluding hydrogens is 370 g/mol. The van der Waals surface area contributed by atoms with Gasteiger partial charge in [-0.25, -0.2) is 4.79 Å². The number of carbonyl (C=O) groups excluding carboxylic acids is 3. The predicted molar refractivity (Wildman–Crippen MR) is 108 cm³/mol. The highest BCUT2D eigenvalue weighted by Crippen LogP contribution is 2.32. The van der Waals surface area contributed by atoms with Crippen LogP contribution in [0.25, 0.3) is 10.9 Å². The van der Waals surface area contributed by atoms with Gasteiger partial charge in [-0.2, -0.15) is 0 Å². The summed E-state index contributed by atoms with van der Waals surface area (Å²) >= 11 is 0. The summed E-state index contributed by atoms with van der Waals surface area (Å²) in [6.45, 7) is 0. The Morgan fingerprint density at radius 1 is 1.17 bits per heavy atom. The molecule has 3 aromatic rings. The Morgan fingerprint density at radius 3 is 2.76 bits per heavy atom. The van der Waals surface area contributed by atoms with Crippen molar-refractivity contribution in [1.82, 2.24) is 10.3 Å². The highest BCUT2D eigenvalue weighted by molar-refractivity contribution is 6.01. The molecule has 148 valence electrons. The molecule has 7 heteroatoms. The van der Waals surface area contributed by atoms with Crippen molar-refractivity contribution < 1.29 is 19.1 Å². The molecule has 29 heavy (non-hydrogen) atoms. The monoisotopic (exact) mass is 391 g/mol. The van der Waals surface area contributed by atoms with Gasteiger partial charge in [0.2, 0.25) is 11.8 Å². The van der Waals surface area contributed by atoms with E-state index in [0.29, 0.717) is 5.69 Å². The molecule has 0 fully saturated rings. The lowest BCUT2D eigenvalue weighted by atomic mass is 9.89. The lowest BCUT2D eigenvalue weighted by molar-refractivity contribution is -0.145. The molecule has 2 aromatic carbocycles. The van der Waals surface area contributed by atoms with E-state index in [1.165, 1.54) is 7.11 Å². The standard InChI is InChI=1S/C22H21N3O4/c1-29-22(28)19(10-13-12-23-17-8-4-2-6-14(13)17)25-21(27)16-11-20(26)24-18-9-5-3-7-15(16)18/h2-9,12,16,19,23H,10-11H2,1H3,(H,24,26)(H,25,27)/t16-,19+/m0/s1. The van der Waals surface area contributed by atoms with Crippen molar-refractivity contribution in [3.63, 3.8) is 0 Å². The van der Waals surface area contributed by atoms with Crippen molar-refractivity contribution in [3.05, 3.63) is 65.9 Å². The fourth-order valence-corrected chi connectivity index (χ4v) is 3.77. The number of fused-ring (bicyclic) bond motifs is 2. The van der Waals surface area contributed by atoms with Gasteiger partial charge in [-0.1, -0.05) is 36.4 Å². The van der Waals surface area contributed by atoms with E-state index < -0.39 is 17.9 Å². The average Bonchev–Trinajstić information content (AvgIpc) is 3.15. The maximum Gasteiger partial charge on any atom is 0.328 e. The third-order valence-corrected chi connectivity index (χ3v) is 5.22. The average molecular weight is 391 g/mol. The lowest BCUT2D eigenvalue weighted by Crippen LogP contribution is -2.46. The molecule has 0 bridgehead atoms. The second-order valence-corrected chi connectivity index (χ2v) is 7.04. The van der Waals surface area contributed by atoms with Gasteiger partial charge in [0, 0.05) is 35.6 Å². The molecule has 2 heterocycles. The topological polar surface area (TPSA) is 100 Å². The number of carbonyl (C=O) groups is 3. The van der Waals surface area contributed by atoms with Crippen LogP contribution < -0.4 is 10.6 Å². The minimum Gasteiger partial charge on any atom is -0.467 e. The van der Waals surface area contributed by atoms with Crippen LogP contribution in [0.2, 0.25) is 0 Å². The first kappa shape index (κ1) is 18.7. The minimum atomic E-state index is -0.858.